The summed E-state index contributed by atoms with van der Waals surface area (Å²) in [7, 11) is -3.85. The zero-order valence-electron chi connectivity index (χ0n) is 11.6. The molecule has 5 nitrogen and oxygen atoms in total. The van der Waals surface area contributed by atoms with Crippen LogP contribution in [0.4, 0.5) is 4.39 Å². The predicted octanol–water partition coefficient (Wildman–Crippen LogP) is 1.77. The zero-order chi connectivity index (χ0) is 15.5. The van der Waals surface area contributed by atoms with Crippen LogP contribution in [-0.4, -0.2) is 26.0 Å². The maximum absolute atomic E-state index is 13.0. The van der Waals surface area contributed by atoms with Crippen LogP contribution < -0.4 is 4.72 Å². The highest BCUT2D eigenvalue weighted by atomic mass is 32.2. The number of rotatable bonds is 6. The minimum Gasteiger partial charge on any atom is -0.481 e. The number of halogens is 1. The molecule has 112 valence electrons. The number of nitrogens with one attached hydrogen (secondary N) is 1. The van der Waals surface area contributed by atoms with Crippen molar-refractivity contribution in [3.8, 4) is 0 Å². The lowest BCUT2D eigenvalue weighted by molar-refractivity contribution is -0.142. The van der Waals surface area contributed by atoms with E-state index in [4.69, 9.17) is 5.11 Å². The second-order valence-electron chi connectivity index (χ2n) is 4.95. The fourth-order valence-corrected chi connectivity index (χ4v) is 3.08. The van der Waals surface area contributed by atoms with Gasteiger partial charge >= 0.3 is 5.97 Å². The molecule has 0 aliphatic carbocycles. The Hall–Kier alpha value is -1.47. The van der Waals surface area contributed by atoms with Gasteiger partial charge < -0.3 is 5.11 Å². The fraction of sp³-hybridized carbons (Fsp3) is 0.462. The smallest absolute Gasteiger partial charge is 0.308 e. The van der Waals surface area contributed by atoms with E-state index in [9.17, 15) is 17.6 Å². The Bertz CT molecular complexity index is 598. The third-order valence-electron chi connectivity index (χ3n) is 3.04. The number of aryl methyl sites for hydroxylation is 1. The molecular weight excluding hydrogens is 285 g/mol. The van der Waals surface area contributed by atoms with Gasteiger partial charge in [0, 0.05) is 6.54 Å². The van der Waals surface area contributed by atoms with Gasteiger partial charge in [-0.25, -0.2) is 17.5 Å². The molecule has 2 N–H and O–H groups in total. The molecule has 1 unspecified atom stereocenters. The number of sulfonamides is 1. The summed E-state index contributed by atoms with van der Waals surface area (Å²) in [6, 6.07) is 3.34. The Morgan fingerprint density at radius 1 is 1.40 bits per heavy atom. The molecule has 0 saturated carbocycles. The molecule has 7 heteroatoms. The van der Waals surface area contributed by atoms with Crippen LogP contribution in [0.25, 0.3) is 0 Å². The molecular formula is C13H18FNO4S. The summed E-state index contributed by atoms with van der Waals surface area (Å²) >= 11 is 0. The van der Waals surface area contributed by atoms with Crippen molar-refractivity contribution in [2.45, 2.75) is 25.7 Å². The number of carboxylic acids is 1. The molecule has 0 aliphatic heterocycles. The Morgan fingerprint density at radius 3 is 2.45 bits per heavy atom. The van der Waals surface area contributed by atoms with E-state index >= 15 is 0 Å². The Kier molecular flexibility index (Phi) is 5.24. The van der Waals surface area contributed by atoms with E-state index in [-0.39, 0.29) is 22.9 Å². The minimum atomic E-state index is -3.85. The van der Waals surface area contributed by atoms with Crippen LogP contribution in [0.3, 0.4) is 0 Å². The van der Waals surface area contributed by atoms with Crippen molar-refractivity contribution in [2.24, 2.45) is 11.8 Å². The molecule has 0 radical (unpaired) electrons. The van der Waals surface area contributed by atoms with Crippen LogP contribution in [0, 0.1) is 24.6 Å². The third kappa shape index (κ3) is 4.01. The first-order valence-electron chi connectivity index (χ1n) is 6.13. The largest absolute Gasteiger partial charge is 0.481 e. The molecule has 0 fully saturated rings. The summed E-state index contributed by atoms with van der Waals surface area (Å²) in [6.45, 7) is 4.69. The highest BCUT2D eigenvalue weighted by Gasteiger charge is 2.25. The lowest BCUT2D eigenvalue weighted by Gasteiger charge is -2.17. The van der Waals surface area contributed by atoms with Crippen LogP contribution in [-0.2, 0) is 14.8 Å². The number of carboxylic acid groups (broad SMARTS) is 1. The maximum Gasteiger partial charge on any atom is 0.308 e. The van der Waals surface area contributed by atoms with Gasteiger partial charge in [-0.3, -0.25) is 4.79 Å². The normalized spacial score (nSPS) is 13.4. The van der Waals surface area contributed by atoms with Crippen LogP contribution in [0.15, 0.2) is 23.1 Å². The van der Waals surface area contributed by atoms with Gasteiger partial charge in [-0.15, -0.1) is 0 Å². The first-order chi connectivity index (χ1) is 9.15. The summed E-state index contributed by atoms with van der Waals surface area (Å²) in [4.78, 5) is 11.0. The van der Waals surface area contributed by atoms with Crippen molar-refractivity contribution in [3.63, 3.8) is 0 Å². The second-order valence-corrected chi connectivity index (χ2v) is 6.69. The molecule has 0 heterocycles. The van der Waals surface area contributed by atoms with Crippen molar-refractivity contribution in [3.05, 3.63) is 29.6 Å². The van der Waals surface area contributed by atoms with Gasteiger partial charge in [0.05, 0.1) is 10.8 Å². The van der Waals surface area contributed by atoms with E-state index in [0.717, 1.165) is 18.2 Å². The average molecular weight is 303 g/mol. The van der Waals surface area contributed by atoms with Gasteiger partial charge in [-0.1, -0.05) is 13.8 Å². The molecule has 1 atom stereocenters. The fourth-order valence-electron chi connectivity index (χ4n) is 1.80. The summed E-state index contributed by atoms with van der Waals surface area (Å²) in [5.41, 5.74) is 0.272. The molecule has 0 saturated heterocycles. The van der Waals surface area contributed by atoms with E-state index in [1.54, 1.807) is 13.8 Å². The number of benzene rings is 1. The van der Waals surface area contributed by atoms with Gasteiger partial charge in [0.25, 0.3) is 0 Å². The van der Waals surface area contributed by atoms with Gasteiger partial charge in [-0.05, 0) is 36.6 Å². The summed E-state index contributed by atoms with van der Waals surface area (Å²) in [6.07, 6.45) is 0. The van der Waals surface area contributed by atoms with Crippen molar-refractivity contribution >= 4 is 16.0 Å². The minimum absolute atomic E-state index is 0.0493. The third-order valence-corrected chi connectivity index (χ3v) is 4.63. The van der Waals surface area contributed by atoms with Crippen LogP contribution in [0.1, 0.15) is 19.4 Å². The van der Waals surface area contributed by atoms with Gasteiger partial charge in [0.2, 0.25) is 10.0 Å². The van der Waals surface area contributed by atoms with Gasteiger partial charge in [0.1, 0.15) is 5.82 Å². The SMILES string of the molecule is Cc1cc(F)ccc1S(=O)(=O)NCC(C(=O)O)C(C)C. The average Bonchev–Trinajstić information content (AvgIpc) is 2.26. The maximum atomic E-state index is 13.0. The first kappa shape index (κ1) is 16.6. The number of hydrogen-bond acceptors (Lipinski definition) is 3. The summed E-state index contributed by atoms with van der Waals surface area (Å²) < 4.78 is 39.4. The molecule has 0 aliphatic rings. The summed E-state index contributed by atoms with van der Waals surface area (Å²) in [5, 5.41) is 9.02. The standard InChI is InChI=1S/C13H18FNO4S/c1-8(2)11(13(16)17)7-15-20(18,19)12-5-4-10(14)6-9(12)3/h4-6,8,11,15H,7H2,1-3H3,(H,16,17). The lowest BCUT2D eigenvalue weighted by Crippen LogP contribution is -2.35. The molecule has 1 aromatic rings. The number of aliphatic carboxylic acids is 1. The Balaban J connectivity index is 2.93. The van der Waals surface area contributed by atoms with E-state index in [1.165, 1.54) is 6.92 Å². The molecule has 20 heavy (non-hydrogen) atoms. The molecule has 1 rings (SSSR count). The highest BCUT2D eigenvalue weighted by molar-refractivity contribution is 7.89. The van der Waals surface area contributed by atoms with Crippen molar-refractivity contribution < 1.29 is 22.7 Å². The molecule has 0 spiro atoms. The van der Waals surface area contributed by atoms with Gasteiger partial charge in [-0.2, -0.15) is 0 Å². The zero-order valence-corrected chi connectivity index (χ0v) is 12.4. The van der Waals surface area contributed by atoms with E-state index in [2.05, 4.69) is 4.72 Å². The Morgan fingerprint density at radius 2 is 2.00 bits per heavy atom. The molecule has 0 aromatic heterocycles. The van der Waals surface area contributed by atoms with E-state index in [1.807, 2.05) is 0 Å². The first-order valence-corrected chi connectivity index (χ1v) is 7.62. The number of hydrogen-bond donors (Lipinski definition) is 2. The lowest BCUT2D eigenvalue weighted by atomic mass is 9.97. The topological polar surface area (TPSA) is 83.5 Å². The van der Waals surface area contributed by atoms with Crippen LogP contribution in [0.5, 0.6) is 0 Å². The van der Waals surface area contributed by atoms with E-state index in [0.29, 0.717) is 0 Å². The summed E-state index contributed by atoms with van der Waals surface area (Å²) in [5.74, 6) is -2.60. The van der Waals surface area contributed by atoms with Crippen molar-refractivity contribution in [2.75, 3.05) is 6.54 Å². The van der Waals surface area contributed by atoms with Crippen LogP contribution in [0.2, 0.25) is 0 Å². The van der Waals surface area contributed by atoms with Crippen LogP contribution >= 0.6 is 0 Å². The Labute approximate surface area is 117 Å². The van der Waals surface area contributed by atoms with E-state index < -0.39 is 27.7 Å². The molecule has 0 amide bonds. The number of carbonyl (C=O) groups is 1. The second kappa shape index (κ2) is 6.32. The molecule has 0 bridgehead atoms. The predicted molar refractivity (Wildman–Crippen MR) is 72.3 cm³/mol. The van der Waals surface area contributed by atoms with Gasteiger partial charge in [0.15, 0.2) is 0 Å². The van der Waals surface area contributed by atoms with Crippen molar-refractivity contribution in [1.82, 2.24) is 4.72 Å². The highest BCUT2D eigenvalue weighted by Crippen LogP contribution is 2.17. The van der Waals surface area contributed by atoms with Crippen molar-refractivity contribution in [1.29, 1.82) is 0 Å². The molecule has 1 aromatic carbocycles. The quantitative estimate of drug-likeness (QED) is 0.839. The monoisotopic (exact) mass is 303 g/mol.